The SMILES string of the molecule is C/C=C/C=C(O)/C=N/NC(=O)c1ccc(N2CCCC2=O)cc1. The van der Waals surface area contributed by atoms with E-state index in [0.29, 0.717) is 18.5 Å². The molecule has 0 spiro atoms. The molecule has 6 heteroatoms. The molecule has 1 aliphatic rings. The first-order valence-electron chi connectivity index (χ1n) is 7.37. The number of amides is 2. The molecule has 2 rings (SSSR count). The Morgan fingerprint density at radius 2 is 2.09 bits per heavy atom. The van der Waals surface area contributed by atoms with E-state index < -0.39 is 0 Å². The number of benzene rings is 1. The molecule has 0 aromatic heterocycles. The highest BCUT2D eigenvalue weighted by Gasteiger charge is 2.21. The van der Waals surface area contributed by atoms with E-state index in [0.717, 1.165) is 18.3 Å². The van der Waals surface area contributed by atoms with Gasteiger partial charge in [0.25, 0.3) is 5.91 Å². The van der Waals surface area contributed by atoms with Gasteiger partial charge in [-0.25, -0.2) is 5.43 Å². The lowest BCUT2D eigenvalue weighted by molar-refractivity contribution is -0.117. The summed E-state index contributed by atoms with van der Waals surface area (Å²) in [7, 11) is 0. The number of nitrogens with one attached hydrogen (secondary N) is 1. The van der Waals surface area contributed by atoms with Crippen molar-refractivity contribution in [3.63, 3.8) is 0 Å². The summed E-state index contributed by atoms with van der Waals surface area (Å²) in [5, 5.41) is 13.1. The Morgan fingerprint density at radius 3 is 2.70 bits per heavy atom. The van der Waals surface area contributed by atoms with Crippen molar-refractivity contribution in [2.24, 2.45) is 5.10 Å². The lowest BCUT2D eigenvalue weighted by Crippen LogP contribution is -2.24. The van der Waals surface area contributed by atoms with E-state index in [9.17, 15) is 14.7 Å². The largest absolute Gasteiger partial charge is 0.506 e. The second kappa shape index (κ2) is 7.93. The van der Waals surface area contributed by atoms with E-state index >= 15 is 0 Å². The van der Waals surface area contributed by atoms with E-state index in [1.165, 1.54) is 6.08 Å². The van der Waals surface area contributed by atoms with E-state index in [1.54, 1.807) is 41.3 Å². The molecular formula is C17H19N3O3. The van der Waals surface area contributed by atoms with Crippen LogP contribution < -0.4 is 10.3 Å². The fraction of sp³-hybridized carbons (Fsp3) is 0.235. The van der Waals surface area contributed by atoms with Crippen molar-refractivity contribution in [3.8, 4) is 0 Å². The number of aliphatic hydroxyl groups excluding tert-OH is 1. The summed E-state index contributed by atoms with van der Waals surface area (Å²) >= 11 is 0. The normalized spacial score (nSPS) is 15.8. The molecule has 0 aliphatic carbocycles. The molecule has 2 N–H and O–H groups in total. The molecule has 2 amide bonds. The standard InChI is InChI=1S/C17H19N3O3/c1-2-3-5-15(21)12-18-19-17(23)13-7-9-14(10-8-13)20-11-4-6-16(20)22/h2-3,5,7-10,12,21H,4,6,11H2,1H3,(H,19,23)/b3-2+,15-5-,18-12+. The number of hydrogen-bond donors (Lipinski definition) is 2. The third-order valence-electron chi connectivity index (χ3n) is 3.34. The van der Waals surface area contributed by atoms with Crippen LogP contribution in [-0.2, 0) is 4.79 Å². The number of carbonyl (C=O) groups excluding carboxylic acids is 2. The summed E-state index contributed by atoms with van der Waals surface area (Å²) in [4.78, 5) is 25.3. The van der Waals surface area contributed by atoms with Crippen molar-refractivity contribution < 1.29 is 14.7 Å². The minimum Gasteiger partial charge on any atom is -0.506 e. The first-order valence-corrected chi connectivity index (χ1v) is 7.37. The highest BCUT2D eigenvalue weighted by Crippen LogP contribution is 2.21. The average molecular weight is 313 g/mol. The van der Waals surface area contributed by atoms with Crippen molar-refractivity contribution in [3.05, 3.63) is 53.8 Å². The molecule has 23 heavy (non-hydrogen) atoms. The third kappa shape index (κ3) is 4.54. The molecule has 1 fully saturated rings. The van der Waals surface area contributed by atoms with Gasteiger partial charge in [0.2, 0.25) is 5.91 Å². The Bertz CT molecular complexity index is 660. The zero-order valence-corrected chi connectivity index (χ0v) is 12.9. The first-order chi connectivity index (χ1) is 11.1. The summed E-state index contributed by atoms with van der Waals surface area (Å²) in [6.45, 7) is 2.54. The van der Waals surface area contributed by atoms with Crippen molar-refractivity contribution in [2.45, 2.75) is 19.8 Å². The monoisotopic (exact) mass is 313 g/mol. The van der Waals surface area contributed by atoms with Crippen LogP contribution in [0.15, 0.2) is 53.4 Å². The molecule has 0 unspecified atom stereocenters. The molecule has 0 saturated carbocycles. The van der Waals surface area contributed by atoms with Crippen LogP contribution in [0.2, 0.25) is 0 Å². The van der Waals surface area contributed by atoms with Crippen molar-refractivity contribution in [2.75, 3.05) is 11.4 Å². The van der Waals surface area contributed by atoms with Gasteiger partial charge in [0, 0.05) is 24.2 Å². The van der Waals surface area contributed by atoms with E-state index in [2.05, 4.69) is 10.5 Å². The number of nitrogens with zero attached hydrogens (tertiary/aromatic N) is 2. The van der Waals surface area contributed by atoms with Gasteiger partial charge < -0.3 is 10.0 Å². The van der Waals surface area contributed by atoms with E-state index in [-0.39, 0.29) is 17.6 Å². The number of hydrazone groups is 1. The van der Waals surface area contributed by atoms with Gasteiger partial charge in [-0.3, -0.25) is 9.59 Å². The lowest BCUT2D eigenvalue weighted by atomic mass is 10.2. The second-order valence-electron chi connectivity index (χ2n) is 5.01. The lowest BCUT2D eigenvalue weighted by Gasteiger charge is -2.15. The maximum Gasteiger partial charge on any atom is 0.271 e. The van der Waals surface area contributed by atoms with Crippen LogP contribution >= 0.6 is 0 Å². The summed E-state index contributed by atoms with van der Waals surface area (Å²) in [6, 6.07) is 6.76. The Balaban J connectivity index is 1.95. The zero-order chi connectivity index (χ0) is 16.7. The fourth-order valence-electron chi connectivity index (χ4n) is 2.17. The molecule has 0 atom stereocenters. The number of rotatable bonds is 5. The van der Waals surface area contributed by atoms with Gasteiger partial charge in [-0.05, 0) is 43.7 Å². The zero-order valence-electron chi connectivity index (χ0n) is 12.9. The molecule has 1 aromatic carbocycles. The topological polar surface area (TPSA) is 82.0 Å². The molecule has 1 heterocycles. The van der Waals surface area contributed by atoms with Crippen molar-refractivity contribution in [1.82, 2.24) is 5.43 Å². The molecule has 120 valence electrons. The minimum absolute atomic E-state index is 0.0636. The quantitative estimate of drug-likeness (QED) is 0.379. The maximum atomic E-state index is 11.9. The third-order valence-corrected chi connectivity index (χ3v) is 3.34. The molecule has 1 aromatic rings. The van der Waals surface area contributed by atoms with Gasteiger partial charge >= 0.3 is 0 Å². The van der Waals surface area contributed by atoms with Crippen LogP contribution in [0.1, 0.15) is 30.1 Å². The highest BCUT2D eigenvalue weighted by molar-refractivity contribution is 5.97. The van der Waals surface area contributed by atoms with Crippen molar-refractivity contribution in [1.29, 1.82) is 0 Å². The second-order valence-corrected chi connectivity index (χ2v) is 5.01. The van der Waals surface area contributed by atoms with Crippen LogP contribution in [-0.4, -0.2) is 29.7 Å². The molecule has 6 nitrogen and oxygen atoms in total. The van der Waals surface area contributed by atoms with Crippen molar-refractivity contribution >= 4 is 23.7 Å². The summed E-state index contributed by atoms with van der Waals surface area (Å²) in [5.74, 6) is -0.346. The predicted octanol–water partition coefficient (Wildman–Crippen LogP) is 2.55. The Hall–Kier alpha value is -2.89. The highest BCUT2D eigenvalue weighted by atomic mass is 16.3. The molecular weight excluding hydrogens is 294 g/mol. The molecule has 0 radical (unpaired) electrons. The van der Waals surface area contributed by atoms with Gasteiger partial charge in [0.1, 0.15) is 5.76 Å². The smallest absolute Gasteiger partial charge is 0.271 e. The van der Waals surface area contributed by atoms with Gasteiger partial charge in [-0.2, -0.15) is 5.10 Å². The van der Waals surface area contributed by atoms with Crippen LogP contribution in [0.4, 0.5) is 5.69 Å². The number of aliphatic hydroxyl groups is 1. The predicted molar refractivity (Wildman–Crippen MR) is 89.5 cm³/mol. The number of anilines is 1. The average Bonchev–Trinajstić information content (AvgIpc) is 2.99. The number of allylic oxidation sites excluding steroid dienone is 4. The minimum atomic E-state index is -0.389. The van der Waals surface area contributed by atoms with Gasteiger partial charge in [0.05, 0.1) is 6.21 Å². The van der Waals surface area contributed by atoms with Gasteiger partial charge in [-0.1, -0.05) is 12.2 Å². The van der Waals surface area contributed by atoms with E-state index in [4.69, 9.17) is 0 Å². The van der Waals surface area contributed by atoms with Crippen LogP contribution in [0, 0.1) is 0 Å². The Labute approximate surface area is 134 Å². The fourth-order valence-corrected chi connectivity index (χ4v) is 2.17. The maximum absolute atomic E-state index is 11.9. The first kappa shape index (κ1) is 16.5. The summed E-state index contributed by atoms with van der Waals surface area (Å²) < 4.78 is 0. The summed E-state index contributed by atoms with van der Waals surface area (Å²) in [6.07, 6.45) is 7.45. The van der Waals surface area contributed by atoms with Crippen LogP contribution in [0.3, 0.4) is 0 Å². The van der Waals surface area contributed by atoms with Gasteiger partial charge in [-0.15, -0.1) is 0 Å². The molecule has 0 bridgehead atoms. The van der Waals surface area contributed by atoms with Gasteiger partial charge in [0.15, 0.2) is 0 Å². The summed E-state index contributed by atoms with van der Waals surface area (Å²) in [5.41, 5.74) is 3.55. The van der Waals surface area contributed by atoms with Crippen LogP contribution in [0.25, 0.3) is 0 Å². The Kier molecular flexibility index (Phi) is 5.68. The number of carbonyl (C=O) groups is 2. The molecule has 1 saturated heterocycles. The molecule has 1 aliphatic heterocycles. The van der Waals surface area contributed by atoms with Crippen LogP contribution in [0.5, 0.6) is 0 Å². The number of hydrogen-bond acceptors (Lipinski definition) is 4. The Morgan fingerprint density at radius 1 is 1.35 bits per heavy atom. The van der Waals surface area contributed by atoms with E-state index in [1.807, 2.05) is 6.92 Å².